The normalized spacial score (nSPS) is 10.5. The fraction of sp³-hybridized carbons (Fsp3) is 0.179. The van der Waals surface area contributed by atoms with Crippen LogP contribution >= 0.6 is 0 Å². The fourth-order valence-corrected chi connectivity index (χ4v) is 3.52. The molecule has 0 saturated carbocycles. The van der Waals surface area contributed by atoms with Gasteiger partial charge in [-0.25, -0.2) is 9.97 Å². The van der Waals surface area contributed by atoms with Crippen molar-refractivity contribution in [2.45, 2.75) is 13.8 Å². The van der Waals surface area contributed by atoms with Crippen molar-refractivity contribution in [1.29, 1.82) is 0 Å². The van der Waals surface area contributed by atoms with Gasteiger partial charge >= 0.3 is 0 Å². The number of ether oxygens (including phenoxy) is 2. The first-order valence-electron chi connectivity index (χ1n) is 11.4. The summed E-state index contributed by atoms with van der Waals surface area (Å²) >= 11 is 0. The summed E-state index contributed by atoms with van der Waals surface area (Å²) in [7, 11) is 1.63. The zero-order chi connectivity index (χ0) is 24.6. The first-order chi connectivity index (χ1) is 17.1. The Morgan fingerprint density at radius 3 is 2.14 bits per heavy atom. The minimum atomic E-state index is -0.266. The van der Waals surface area contributed by atoms with E-state index in [4.69, 9.17) is 9.47 Å². The van der Waals surface area contributed by atoms with Gasteiger partial charge in [-0.1, -0.05) is 42.0 Å². The summed E-state index contributed by atoms with van der Waals surface area (Å²) in [6, 6.07) is 25.1. The van der Waals surface area contributed by atoms with Crippen molar-refractivity contribution in [3.63, 3.8) is 0 Å². The molecule has 0 atom stereocenters. The van der Waals surface area contributed by atoms with Gasteiger partial charge in [-0.15, -0.1) is 0 Å². The van der Waals surface area contributed by atoms with Gasteiger partial charge < -0.3 is 14.8 Å². The molecule has 7 heteroatoms. The van der Waals surface area contributed by atoms with E-state index in [1.807, 2.05) is 92.7 Å². The molecule has 35 heavy (non-hydrogen) atoms. The van der Waals surface area contributed by atoms with Crippen LogP contribution in [-0.4, -0.2) is 36.1 Å². The first-order valence-corrected chi connectivity index (χ1v) is 11.4. The quantitative estimate of drug-likeness (QED) is 0.334. The third kappa shape index (κ3) is 6.14. The summed E-state index contributed by atoms with van der Waals surface area (Å²) in [4.78, 5) is 22.0. The van der Waals surface area contributed by atoms with E-state index in [0.717, 1.165) is 33.8 Å². The second kappa shape index (κ2) is 11.2. The minimum Gasteiger partial charge on any atom is -0.497 e. The SMILES string of the molecule is CCOc1ccccc1NCC(=O)Nc1nc(-c2ccc(C)cc2)cc(-c2ccc(OC)cc2)n1. The summed E-state index contributed by atoms with van der Waals surface area (Å²) in [6.07, 6.45) is 0. The molecule has 0 aliphatic rings. The Bertz CT molecular complexity index is 1290. The lowest BCUT2D eigenvalue weighted by molar-refractivity contribution is -0.114. The molecule has 0 radical (unpaired) electrons. The van der Waals surface area contributed by atoms with Gasteiger partial charge in [-0.3, -0.25) is 10.1 Å². The van der Waals surface area contributed by atoms with Gasteiger partial charge in [0.05, 0.1) is 37.3 Å². The highest BCUT2D eigenvalue weighted by atomic mass is 16.5. The number of carbonyl (C=O) groups is 1. The molecule has 0 spiro atoms. The van der Waals surface area contributed by atoms with Crippen molar-refractivity contribution in [3.05, 3.63) is 84.4 Å². The van der Waals surface area contributed by atoms with Crippen LogP contribution in [0, 0.1) is 6.92 Å². The Kier molecular flexibility index (Phi) is 7.57. The van der Waals surface area contributed by atoms with Crippen LogP contribution in [0.5, 0.6) is 11.5 Å². The highest BCUT2D eigenvalue weighted by Crippen LogP contribution is 2.27. The van der Waals surface area contributed by atoms with Crippen molar-refractivity contribution in [2.24, 2.45) is 0 Å². The Balaban J connectivity index is 1.58. The topological polar surface area (TPSA) is 85.4 Å². The van der Waals surface area contributed by atoms with E-state index >= 15 is 0 Å². The van der Waals surface area contributed by atoms with Crippen molar-refractivity contribution >= 4 is 17.5 Å². The zero-order valence-electron chi connectivity index (χ0n) is 20.0. The Labute approximate surface area is 205 Å². The molecule has 0 unspecified atom stereocenters. The van der Waals surface area contributed by atoms with E-state index in [0.29, 0.717) is 18.1 Å². The van der Waals surface area contributed by atoms with Crippen LogP contribution in [0.1, 0.15) is 12.5 Å². The summed E-state index contributed by atoms with van der Waals surface area (Å²) in [6.45, 7) is 4.54. The standard InChI is InChI=1S/C28H28N4O3/c1-4-35-26-8-6-5-7-23(26)29-18-27(33)32-28-30-24(20-11-9-19(2)10-12-20)17-25(31-28)21-13-15-22(34-3)16-14-21/h5-17,29H,4,18H2,1-3H3,(H,30,31,32,33). The molecule has 178 valence electrons. The number of aromatic nitrogens is 2. The lowest BCUT2D eigenvalue weighted by Crippen LogP contribution is -2.23. The maximum absolute atomic E-state index is 12.8. The van der Waals surface area contributed by atoms with Crippen molar-refractivity contribution in [2.75, 3.05) is 30.9 Å². The van der Waals surface area contributed by atoms with Crippen LogP contribution < -0.4 is 20.1 Å². The molecule has 1 amide bonds. The molecule has 0 bridgehead atoms. The molecule has 0 saturated heterocycles. The lowest BCUT2D eigenvalue weighted by atomic mass is 10.1. The predicted octanol–water partition coefficient (Wildman–Crippen LogP) is 5.58. The molecule has 2 N–H and O–H groups in total. The summed E-state index contributed by atoms with van der Waals surface area (Å²) in [5.74, 6) is 1.42. The van der Waals surface area contributed by atoms with E-state index in [-0.39, 0.29) is 18.4 Å². The van der Waals surface area contributed by atoms with Gasteiger partial charge in [0.25, 0.3) is 0 Å². The van der Waals surface area contributed by atoms with Crippen LogP contribution in [0.15, 0.2) is 78.9 Å². The zero-order valence-corrected chi connectivity index (χ0v) is 20.0. The van der Waals surface area contributed by atoms with Crippen molar-refractivity contribution in [1.82, 2.24) is 9.97 Å². The smallest absolute Gasteiger partial charge is 0.246 e. The monoisotopic (exact) mass is 468 g/mol. The molecule has 4 aromatic rings. The Morgan fingerprint density at radius 1 is 0.886 bits per heavy atom. The highest BCUT2D eigenvalue weighted by Gasteiger charge is 2.12. The van der Waals surface area contributed by atoms with Gasteiger partial charge in [0.2, 0.25) is 11.9 Å². The number of methoxy groups -OCH3 is 1. The van der Waals surface area contributed by atoms with Crippen molar-refractivity contribution in [3.8, 4) is 34.0 Å². The number of carbonyl (C=O) groups excluding carboxylic acids is 1. The fourth-order valence-electron chi connectivity index (χ4n) is 3.52. The third-order valence-electron chi connectivity index (χ3n) is 5.34. The molecule has 4 rings (SSSR count). The van der Waals surface area contributed by atoms with E-state index < -0.39 is 0 Å². The molecule has 1 heterocycles. The number of nitrogens with one attached hydrogen (secondary N) is 2. The summed E-state index contributed by atoms with van der Waals surface area (Å²) < 4.78 is 10.9. The van der Waals surface area contributed by atoms with Gasteiger partial charge in [0.1, 0.15) is 11.5 Å². The largest absolute Gasteiger partial charge is 0.497 e. The van der Waals surface area contributed by atoms with Crippen LogP contribution in [-0.2, 0) is 4.79 Å². The number of hydrogen-bond donors (Lipinski definition) is 2. The minimum absolute atomic E-state index is 0.0417. The number of hydrogen-bond acceptors (Lipinski definition) is 6. The van der Waals surface area contributed by atoms with Gasteiger partial charge in [-0.05, 0) is 56.3 Å². The van der Waals surface area contributed by atoms with Gasteiger partial charge in [0, 0.05) is 11.1 Å². The Morgan fingerprint density at radius 2 is 1.51 bits per heavy atom. The third-order valence-corrected chi connectivity index (χ3v) is 5.34. The summed E-state index contributed by atoms with van der Waals surface area (Å²) in [5, 5.41) is 5.95. The summed E-state index contributed by atoms with van der Waals surface area (Å²) in [5.41, 5.74) is 5.15. The van der Waals surface area contributed by atoms with Gasteiger partial charge in [0.15, 0.2) is 0 Å². The molecule has 0 aliphatic carbocycles. The molecule has 0 aliphatic heterocycles. The van der Waals surface area contributed by atoms with Gasteiger partial charge in [-0.2, -0.15) is 0 Å². The predicted molar refractivity (Wildman–Crippen MR) is 139 cm³/mol. The van der Waals surface area contributed by atoms with E-state index in [1.54, 1.807) is 7.11 Å². The van der Waals surface area contributed by atoms with E-state index in [9.17, 15) is 4.79 Å². The number of benzene rings is 3. The second-order valence-electron chi connectivity index (χ2n) is 7.89. The number of amides is 1. The van der Waals surface area contributed by atoms with Crippen LogP contribution in [0.4, 0.5) is 11.6 Å². The molecule has 1 aromatic heterocycles. The Hall–Kier alpha value is -4.39. The average Bonchev–Trinajstić information content (AvgIpc) is 2.88. The lowest BCUT2D eigenvalue weighted by Gasteiger charge is -2.13. The number of anilines is 2. The molecular formula is C28H28N4O3. The molecule has 0 fully saturated rings. The van der Waals surface area contributed by atoms with E-state index in [2.05, 4.69) is 20.6 Å². The second-order valence-corrected chi connectivity index (χ2v) is 7.89. The average molecular weight is 469 g/mol. The maximum atomic E-state index is 12.8. The van der Waals surface area contributed by atoms with Crippen LogP contribution in [0.2, 0.25) is 0 Å². The maximum Gasteiger partial charge on any atom is 0.246 e. The number of aryl methyl sites for hydroxylation is 1. The number of rotatable bonds is 9. The van der Waals surface area contributed by atoms with Crippen LogP contribution in [0.3, 0.4) is 0 Å². The van der Waals surface area contributed by atoms with Crippen LogP contribution in [0.25, 0.3) is 22.5 Å². The number of para-hydroxylation sites is 2. The van der Waals surface area contributed by atoms with E-state index in [1.165, 1.54) is 0 Å². The van der Waals surface area contributed by atoms with Crippen molar-refractivity contribution < 1.29 is 14.3 Å². The number of nitrogens with zero attached hydrogens (tertiary/aromatic N) is 2. The first kappa shape index (κ1) is 23.8. The highest BCUT2D eigenvalue weighted by molar-refractivity contribution is 5.93. The molecular weight excluding hydrogens is 440 g/mol. The molecule has 7 nitrogen and oxygen atoms in total. The molecule has 3 aromatic carbocycles.